The van der Waals surface area contributed by atoms with E-state index in [1.165, 1.54) is 109 Å². The van der Waals surface area contributed by atoms with Gasteiger partial charge in [-0.2, -0.15) is 0 Å². The van der Waals surface area contributed by atoms with Gasteiger partial charge < -0.3 is 9.13 Å². The molecule has 0 amide bonds. The lowest BCUT2D eigenvalue weighted by atomic mass is 9.83. The van der Waals surface area contributed by atoms with Crippen LogP contribution in [-0.2, 0) is 0 Å². The number of para-hydroxylation sites is 4. The summed E-state index contributed by atoms with van der Waals surface area (Å²) >= 11 is 0. The van der Waals surface area contributed by atoms with Gasteiger partial charge in [-0.05, 0) is 114 Å². The van der Waals surface area contributed by atoms with Gasteiger partial charge in [-0.25, -0.2) is 0 Å². The van der Waals surface area contributed by atoms with E-state index in [9.17, 15) is 0 Å². The van der Waals surface area contributed by atoms with E-state index in [0.717, 1.165) is 11.4 Å². The lowest BCUT2D eigenvalue weighted by Crippen LogP contribution is -1.98. The van der Waals surface area contributed by atoms with Gasteiger partial charge in [0.25, 0.3) is 0 Å². The molecule has 288 valence electrons. The number of benzene rings is 11. The molecule has 13 rings (SSSR count). The molecule has 0 aliphatic rings. The Balaban J connectivity index is 1.19. The van der Waals surface area contributed by atoms with Crippen LogP contribution in [0.4, 0.5) is 0 Å². The number of hydrogen-bond acceptors (Lipinski definition) is 0. The summed E-state index contributed by atoms with van der Waals surface area (Å²) in [5, 5.41) is 12.4. The van der Waals surface area contributed by atoms with Crippen molar-refractivity contribution in [3.05, 3.63) is 231 Å². The van der Waals surface area contributed by atoms with Crippen molar-refractivity contribution >= 4 is 75.9 Å². The first-order valence-corrected chi connectivity index (χ1v) is 21.4. The highest BCUT2D eigenvalue weighted by atomic mass is 15.0. The van der Waals surface area contributed by atoms with E-state index in [4.69, 9.17) is 0 Å². The van der Waals surface area contributed by atoms with Gasteiger partial charge in [-0.15, -0.1) is 0 Å². The average molecular weight is 787 g/mol. The largest absolute Gasteiger partial charge is 0.309 e. The van der Waals surface area contributed by atoms with Crippen molar-refractivity contribution in [2.75, 3.05) is 0 Å². The third-order valence-electron chi connectivity index (χ3n) is 13.1. The number of nitrogens with zero attached hydrogens (tertiary/aromatic N) is 2. The highest BCUT2D eigenvalue weighted by Crippen LogP contribution is 2.48. The second-order valence-electron chi connectivity index (χ2n) is 16.4. The summed E-state index contributed by atoms with van der Waals surface area (Å²) in [6, 6.07) is 85.0. The second kappa shape index (κ2) is 13.7. The van der Waals surface area contributed by atoms with E-state index in [0.29, 0.717) is 0 Å². The topological polar surface area (TPSA) is 9.86 Å². The molecular weight excluding hydrogens is 749 g/mol. The first kappa shape index (κ1) is 34.6. The van der Waals surface area contributed by atoms with Crippen molar-refractivity contribution in [1.29, 1.82) is 0 Å². The summed E-state index contributed by atoms with van der Waals surface area (Å²) in [5.74, 6) is 0. The quantitative estimate of drug-likeness (QED) is 0.154. The van der Waals surface area contributed by atoms with Crippen molar-refractivity contribution < 1.29 is 0 Å². The summed E-state index contributed by atoms with van der Waals surface area (Å²) in [6.07, 6.45) is 0. The van der Waals surface area contributed by atoms with Gasteiger partial charge in [0.05, 0.1) is 22.1 Å². The molecule has 0 atom stereocenters. The summed E-state index contributed by atoms with van der Waals surface area (Å²) in [7, 11) is 0. The van der Waals surface area contributed by atoms with Crippen molar-refractivity contribution in [3.63, 3.8) is 0 Å². The summed E-state index contributed by atoms with van der Waals surface area (Å²) in [6.45, 7) is 0. The van der Waals surface area contributed by atoms with Gasteiger partial charge in [0.1, 0.15) is 0 Å². The second-order valence-corrected chi connectivity index (χ2v) is 16.4. The molecule has 62 heavy (non-hydrogen) atoms. The molecule has 0 radical (unpaired) electrons. The van der Waals surface area contributed by atoms with Crippen LogP contribution < -0.4 is 0 Å². The maximum Gasteiger partial charge on any atom is 0.0541 e. The van der Waals surface area contributed by atoms with Crippen molar-refractivity contribution in [3.8, 4) is 44.8 Å². The molecule has 11 aromatic carbocycles. The van der Waals surface area contributed by atoms with Gasteiger partial charge in [-0.3, -0.25) is 0 Å². The van der Waals surface area contributed by atoms with Gasteiger partial charge in [-0.1, -0.05) is 182 Å². The fourth-order valence-corrected chi connectivity index (χ4v) is 10.5. The number of hydrogen-bond donors (Lipinski definition) is 0. The summed E-state index contributed by atoms with van der Waals surface area (Å²) < 4.78 is 4.89. The summed E-state index contributed by atoms with van der Waals surface area (Å²) in [5.41, 5.74) is 14.4. The van der Waals surface area contributed by atoms with Crippen LogP contribution in [0, 0.1) is 0 Å². The highest BCUT2D eigenvalue weighted by molar-refractivity contribution is 6.25. The molecule has 0 unspecified atom stereocenters. The van der Waals surface area contributed by atoms with E-state index in [2.05, 4.69) is 240 Å². The zero-order valence-corrected chi connectivity index (χ0v) is 33.8. The Hall–Kier alpha value is -8.20. The molecule has 2 aromatic heterocycles. The van der Waals surface area contributed by atoms with Crippen LogP contribution >= 0.6 is 0 Å². The SMILES string of the molecule is c1ccc(-c2ccc(-c3c4ccc(-n5c6ccccc6c6ccccc65)cc4c(-c4ccccc4)c4ccc(-n5c6ccccc6c6ccccc65)cc34)c3ccccc23)cc1. The number of rotatable bonds is 5. The van der Waals surface area contributed by atoms with E-state index in [-0.39, 0.29) is 0 Å². The molecule has 0 saturated carbocycles. The third kappa shape index (κ3) is 5.11. The van der Waals surface area contributed by atoms with Crippen LogP contribution in [0.15, 0.2) is 231 Å². The van der Waals surface area contributed by atoms with Gasteiger partial charge in [0, 0.05) is 32.9 Å². The predicted molar refractivity (Wildman–Crippen MR) is 264 cm³/mol. The third-order valence-corrected chi connectivity index (χ3v) is 13.1. The molecule has 2 heteroatoms. The molecule has 0 spiro atoms. The van der Waals surface area contributed by atoms with Crippen molar-refractivity contribution in [1.82, 2.24) is 9.13 Å². The Labute approximate surface area is 358 Å². The first-order valence-electron chi connectivity index (χ1n) is 21.4. The van der Waals surface area contributed by atoms with Crippen LogP contribution in [0.1, 0.15) is 0 Å². The van der Waals surface area contributed by atoms with Crippen LogP contribution in [0.2, 0.25) is 0 Å². The highest BCUT2D eigenvalue weighted by Gasteiger charge is 2.22. The Morgan fingerprint density at radius 3 is 1.05 bits per heavy atom. The summed E-state index contributed by atoms with van der Waals surface area (Å²) in [4.78, 5) is 0. The molecule has 13 aromatic rings. The van der Waals surface area contributed by atoms with Gasteiger partial charge in [0.15, 0.2) is 0 Å². The minimum Gasteiger partial charge on any atom is -0.309 e. The molecule has 2 nitrogen and oxygen atoms in total. The fraction of sp³-hybridized carbons (Fsp3) is 0. The lowest BCUT2D eigenvalue weighted by Gasteiger charge is -2.22. The monoisotopic (exact) mass is 786 g/mol. The molecule has 0 aliphatic carbocycles. The molecule has 2 heterocycles. The standard InChI is InChI=1S/C60H38N2/c1-3-17-39(18-4-1)43-35-36-50(45-22-8-7-21-44(43)45)60-52-34-32-41(61-55-27-13-9-23-46(55)47-24-10-14-28-56(47)61)37-53(52)59(40-19-5-2-6-20-40)51-33-31-42(38-54(51)60)62-57-29-15-11-25-48(57)49-26-12-16-30-58(49)62/h1-38H. The van der Waals surface area contributed by atoms with E-state index < -0.39 is 0 Å². The van der Waals surface area contributed by atoms with Crippen molar-refractivity contribution in [2.45, 2.75) is 0 Å². The Morgan fingerprint density at radius 1 is 0.210 bits per heavy atom. The predicted octanol–water partition coefficient (Wildman–Crippen LogP) is 16.3. The maximum absolute atomic E-state index is 2.45. The van der Waals surface area contributed by atoms with E-state index >= 15 is 0 Å². The molecule has 0 aliphatic heterocycles. The minimum atomic E-state index is 1.14. The molecule has 0 N–H and O–H groups in total. The Kier molecular flexibility index (Phi) is 7.64. The smallest absolute Gasteiger partial charge is 0.0541 e. The Morgan fingerprint density at radius 2 is 0.565 bits per heavy atom. The van der Waals surface area contributed by atoms with Crippen LogP contribution in [0.3, 0.4) is 0 Å². The minimum absolute atomic E-state index is 1.14. The molecule has 0 fully saturated rings. The van der Waals surface area contributed by atoms with E-state index in [1.54, 1.807) is 0 Å². The normalized spacial score (nSPS) is 11.9. The van der Waals surface area contributed by atoms with Gasteiger partial charge >= 0.3 is 0 Å². The molecule has 0 bridgehead atoms. The number of fused-ring (bicyclic) bond motifs is 9. The fourth-order valence-electron chi connectivity index (χ4n) is 10.5. The number of aromatic nitrogens is 2. The van der Waals surface area contributed by atoms with Crippen LogP contribution in [0.5, 0.6) is 0 Å². The lowest BCUT2D eigenvalue weighted by molar-refractivity contribution is 1.18. The van der Waals surface area contributed by atoms with Crippen LogP contribution in [-0.4, -0.2) is 9.13 Å². The molecule has 0 saturated heterocycles. The zero-order chi connectivity index (χ0) is 40.7. The zero-order valence-electron chi connectivity index (χ0n) is 33.8. The average Bonchev–Trinajstić information content (AvgIpc) is 3.86. The molecular formula is C60H38N2. The Bertz CT molecular complexity index is 3800. The maximum atomic E-state index is 2.45. The van der Waals surface area contributed by atoms with Crippen LogP contribution in [0.25, 0.3) is 121 Å². The first-order chi connectivity index (χ1) is 30.8. The van der Waals surface area contributed by atoms with E-state index in [1.807, 2.05) is 0 Å². The van der Waals surface area contributed by atoms with Gasteiger partial charge in [0.2, 0.25) is 0 Å². The van der Waals surface area contributed by atoms with Crippen molar-refractivity contribution in [2.24, 2.45) is 0 Å².